The van der Waals surface area contributed by atoms with Crippen LogP contribution >= 0.6 is 22.7 Å². The molecule has 0 bridgehead atoms. The molecule has 54 heavy (non-hydrogen) atoms. The van der Waals surface area contributed by atoms with E-state index in [9.17, 15) is 0 Å². The van der Waals surface area contributed by atoms with Crippen molar-refractivity contribution in [2.24, 2.45) is 0 Å². The van der Waals surface area contributed by atoms with Gasteiger partial charge in [-0.1, -0.05) is 152 Å². The average Bonchev–Trinajstić information content (AvgIpc) is 3.81. The van der Waals surface area contributed by atoms with Crippen LogP contribution < -0.4 is 0 Å². The van der Waals surface area contributed by atoms with Gasteiger partial charge in [0, 0.05) is 40.3 Å². The summed E-state index contributed by atoms with van der Waals surface area (Å²) in [4.78, 5) is 0. The van der Waals surface area contributed by atoms with Crippen LogP contribution in [0.5, 0.6) is 0 Å². The van der Waals surface area contributed by atoms with Gasteiger partial charge in [0.25, 0.3) is 0 Å². The van der Waals surface area contributed by atoms with Gasteiger partial charge in [0.1, 0.15) is 0 Å². The molecule has 0 nitrogen and oxygen atoms in total. The first-order valence-electron chi connectivity index (χ1n) is 18.5. The maximum Gasteiger partial charge on any atom is 0.0434 e. The molecule has 10 aromatic carbocycles. The van der Waals surface area contributed by atoms with Crippen LogP contribution in [0.4, 0.5) is 0 Å². The van der Waals surface area contributed by atoms with Crippen LogP contribution in [0.3, 0.4) is 0 Å². The quantitative estimate of drug-likeness (QED) is 0.160. The zero-order chi connectivity index (χ0) is 35.3. The third-order valence-corrected chi connectivity index (χ3v) is 13.7. The van der Waals surface area contributed by atoms with E-state index in [2.05, 4.69) is 182 Å². The van der Waals surface area contributed by atoms with Crippen molar-refractivity contribution < 1.29 is 0 Å². The second-order valence-electron chi connectivity index (χ2n) is 14.4. The number of benzene rings is 10. The molecule has 0 radical (unpaired) electrons. The summed E-state index contributed by atoms with van der Waals surface area (Å²) >= 11 is 3.84. The summed E-state index contributed by atoms with van der Waals surface area (Å²) in [5.74, 6) is 0. The first kappa shape index (κ1) is 30.2. The maximum absolute atomic E-state index is 2.45. The van der Waals surface area contributed by atoms with E-state index in [4.69, 9.17) is 0 Å². The summed E-state index contributed by atoms with van der Waals surface area (Å²) in [5.41, 5.74) is 7.59. The standard InChI is InChI=1S/C52H30S2/c1-2-10-31(11-3-1)33-18-19-35-29-36(21-20-34(35)28-33)48-39-14-6-8-16-41(39)49(42-17-9-7-15-40(42)48)37-23-24-43-47(30-37)53-45-26-27-46-51(50(43)45)44-25-22-32-12-4-5-13-38(32)52(44)54-46/h1-30H. The Balaban J connectivity index is 1.06. The van der Waals surface area contributed by atoms with Gasteiger partial charge in [-0.05, 0) is 107 Å². The molecule has 0 saturated carbocycles. The number of rotatable bonds is 3. The first-order valence-corrected chi connectivity index (χ1v) is 20.1. The summed E-state index contributed by atoms with van der Waals surface area (Å²) in [6, 6.07) is 67.7. The van der Waals surface area contributed by atoms with Gasteiger partial charge < -0.3 is 0 Å². The number of hydrogen-bond acceptors (Lipinski definition) is 2. The smallest absolute Gasteiger partial charge is 0.0434 e. The van der Waals surface area contributed by atoms with Crippen molar-refractivity contribution in [2.75, 3.05) is 0 Å². The lowest BCUT2D eigenvalue weighted by atomic mass is 9.85. The van der Waals surface area contributed by atoms with Crippen LogP contribution in [-0.2, 0) is 0 Å². The predicted molar refractivity (Wildman–Crippen MR) is 239 cm³/mol. The van der Waals surface area contributed by atoms with E-state index >= 15 is 0 Å². The molecule has 0 N–H and O–H groups in total. The SMILES string of the molecule is c1ccc(-c2ccc3cc(-c4c5ccccc5c(-c5ccc6c(c5)sc5ccc7sc8c9ccccc9ccc8c7c56)c5ccccc45)ccc3c2)cc1. The van der Waals surface area contributed by atoms with E-state index in [1.54, 1.807) is 0 Å². The fraction of sp³-hybridized carbons (Fsp3) is 0. The zero-order valence-corrected chi connectivity index (χ0v) is 30.8. The summed E-state index contributed by atoms with van der Waals surface area (Å²) < 4.78 is 5.42. The van der Waals surface area contributed by atoms with E-state index in [0.717, 1.165) is 0 Å². The Hall–Kier alpha value is -6.32. The van der Waals surface area contributed by atoms with E-state index < -0.39 is 0 Å². The second-order valence-corrected chi connectivity index (χ2v) is 16.5. The molecule has 2 heterocycles. The Morgan fingerprint density at radius 1 is 0.259 bits per heavy atom. The largest absolute Gasteiger partial charge is 0.135 e. The maximum atomic E-state index is 2.45. The van der Waals surface area contributed by atoms with Crippen LogP contribution in [0.2, 0.25) is 0 Å². The highest BCUT2D eigenvalue weighted by atomic mass is 32.1. The summed E-state index contributed by atoms with van der Waals surface area (Å²) in [5, 5.41) is 15.8. The van der Waals surface area contributed by atoms with E-state index in [1.165, 1.54) is 117 Å². The molecular formula is C52H30S2. The lowest BCUT2D eigenvalue weighted by molar-refractivity contribution is 1.64. The van der Waals surface area contributed by atoms with E-state index in [-0.39, 0.29) is 0 Å². The molecule has 0 spiro atoms. The number of thiophene rings is 2. The Morgan fingerprint density at radius 3 is 1.46 bits per heavy atom. The first-order chi connectivity index (χ1) is 26.8. The van der Waals surface area contributed by atoms with Gasteiger partial charge >= 0.3 is 0 Å². The molecule has 0 saturated heterocycles. The van der Waals surface area contributed by atoms with Crippen LogP contribution in [-0.4, -0.2) is 0 Å². The van der Waals surface area contributed by atoms with Crippen molar-refractivity contribution in [1.82, 2.24) is 0 Å². The van der Waals surface area contributed by atoms with Gasteiger partial charge in [0.2, 0.25) is 0 Å². The number of hydrogen-bond donors (Lipinski definition) is 0. The van der Waals surface area contributed by atoms with E-state index in [1.807, 2.05) is 22.7 Å². The predicted octanol–water partition coefficient (Wildman–Crippen LogP) is 16.0. The Kier molecular flexibility index (Phi) is 6.48. The zero-order valence-electron chi connectivity index (χ0n) is 29.1. The lowest BCUT2D eigenvalue weighted by Gasteiger charge is -2.18. The average molecular weight is 719 g/mol. The van der Waals surface area contributed by atoms with Crippen molar-refractivity contribution in [3.05, 3.63) is 182 Å². The minimum Gasteiger partial charge on any atom is -0.135 e. The van der Waals surface area contributed by atoms with Crippen molar-refractivity contribution >= 4 is 106 Å². The molecule has 2 aromatic heterocycles. The minimum absolute atomic E-state index is 1.24. The van der Waals surface area contributed by atoms with Crippen molar-refractivity contribution in [3.8, 4) is 33.4 Å². The normalized spacial score (nSPS) is 12.1. The van der Waals surface area contributed by atoms with Crippen molar-refractivity contribution in [1.29, 1.82) is 0 Å². The Morgan fingerprint density at radius 2 is 0.759 bits per heavy atom. The molecule has 12 aromatic rings. The topological polar surface area (TPSA) is 0 Å². The monoisotopic (exact) mass is 718 g/mol. The molecule has 0 atom stereocenters. The summed E-state index contributed by atoms with van der Waals surface area (Å²) in [7, 11) is 0. The third kappa shape index (κ3) is 4.42. The number of fused-ring (bicyclic) bond motifs is 12. The van der Waals surface area contributed by atoms with Gasteiger partial charge in [-0.15, -0.1) is 22.7 Å². The molecule has 12 rings (SSSR count). The lowest BCUT2D eigenvalue weighted by Crippen LogP contribution is -1.91. The molecule has 0 amide bonds. The Bertz CT molecular complexity index is 3430. The summed E-state index contributed by atoms with van der Waals surface area (Å²) in [6.45, 7) is 0. The second kappa shape index (κ2) is 11.6. The highest BCUT2D eigenvalue weighted by Gasteiger charge is 2.19. The molecule has 0 fully saturated rings. The molecule has 2 heteroatoms. The highest BCUT2D eigenvalue weighted by molar-refractivity contribution is 7.28. The van der Waals surface area contributed by atoms with Crippen LogP contribution in [0, 0.1) is 0 Å². The van der Waals surface area contributed by atoms with Gasteiger partial charge in [0.05, 0.1) is 0 Å². The van der Waals surface area contributed by atoms with Crippen LogP contribution in [0.25, 0.3) is 117 Å². The van der Waals surface area contributed by atoms with Gasteiger partial charge in [-0.3, -0.25) is 0 Å². The van der Waals surface area contributed by atoms with Crippen LogP contribution in [0.1, 0.15) is 0 Å². The molecule has 0 aliphatic heterocycles. The molecule has 0 unspecified atom stereocenters. The molecule has 0 aliphatic rings. The van der Waals surface area contributed by atoms with Gasteiger partial charge in [-0.25, -0.2) is 0 Å². The van der Waals surface area contributed by atoms with Crippen LogP contribution in [0.15, 0.2) is 182 Å². The van der Waals surface area contributed by atoms with Crippen molar-refractivity contribution in [3.63, 3.8) is 0 Å². The molecule has 0 aliphatic carbocycles. The fourth-order valence-electron chi connectivity index (χ4n) is 8.98. The minimum atomic E-state index is 1.24. The van der Waals surface area contributed by atoms with Gasteiger partial charge in [0.15, 0.2) is 0 Å². The third-order valence-electron chi connectivity index (χ3n) is 11.4. The highest BCUT2D eigenvalue weighted by Crippen LogP contribution is 2.49. The van der Waals surface area contributed by atoms with Gasteiger partial charge in [-0.2, -0.15) is 0 Å². The van der Waals surface area contributed by atoms with Crippen molar-refractivity contribution in [2.45, 2.75) is 0 Å². The summed E-state index contributed by atoms with van der Waals surface area (Å²) in [6.07, 6.45) is 0. The molecule has 250 valence electrons. The molecular weight excluding hydrogens is 689 g/mol. The van der Waals surface area contributed by atoms with E-state index in [0.29, 0.717) is 0 Å². The fourth-order valence-corrected chi connectivity index (χ4v) is 11.4. The Labute approximate surface area is 319 Å².